The van der Waals surface area contributed by atoms with E-state index in [9.17, 15) is 4.79 Å². The number of thiazole rings is 1. The van der Waals surface area contributed by atoms with E-state index >= 15 is 0 Å². The normalized spacial score (nSPS) is 10.7. The van der Waals surface area contributed by atoms with Gasteiger partial charge in [-0.2, -0.15) is 0 Å². The first kappa shape index (κ1) is 14.2. The molecule has 0 bridgehead atoms. The van der Waals surface area contributed by atoms with Gasteiger partial charge in [-0.15, -0.1) is 22.7 Å². The molecule has 2 aromatic rings. The number of amides is 1. The van der Waals surface area contributed by atoms with Crippen molar-refractivity contribution in [2.24, 2.45) is 0 Å². The largest absolute Gasteiger partial charge is 0.335 e. The molecule has 0 aliphatic rings. The fourth-order valence-corrected chi connectivity index (χ4v) is 4.07. The van der Waals surface area contributed by atoms with E-state index in [4.69, 9.17) is 0 Å². The monoisotopic (exact) mass is 408 g/mol. The van der Waals surface area contributed by atoms with Gasteiger partial charge in [0.05, 0.1) is 25.9 Å². The first-order chi connectivity index (χ1) is 8.47. The average molecular weight is 410 g/mol. The molecular formula is C11H10Br2N2OS2. The number of hydrogen-bond acceptors (Lipinski definition) is 4. The lowest BCUT2D eigenvalue weighted by Gasteiger charge is -2.14. The second kappa shape index (κ2) is 5.81. The first-order valence-corrected chi connectivity index (χ1v) is 8.37. The Kier molecular flexibility index (Phi) is 4.58. The van der Waals surface area contributed by atoms with E-state index < -0.39 is 0 Å². The molecule has 0 spiro atoms. The van der Waals surface area contributed by atoms with Crippen LogP contribution in [0.25, 0.3) is 0 Å². The van der Waals surface area contributed by atoms with Crippen LogP contribution in [0.5, 0.6) is 0 Å². The molecule has 0 saturated carbocycles. The van der Waals surface area contributed by atoms with E-state index in [0.29, 0.717) is 11.4 Å². The van der Waals surface area contributed by atoms with Gasteiger partial charge in [-0.05, 0) is 44.8 Å². The van der Waals surface area contributed by atoms with Crippen molar-refractivity contribution in [3.63, 3.8) is 0 Å². The van der Waals surface area contributed by atoms with Gasteiger partial charge in [-0.3, -0.25) is 4.79 Å². The van der Waals surface area contributed by atoms with Crippen molar-refractivity contribution in [2.45, 2.75) is 13.5 Å². The van der Waals surface area contributed by atoms with Crippen molar-refractivity contribution in [1.82, 2.24) is 9.88 Å². The van der Waals surface area contributed by atoms with E-state index in [-0.39, 0.29) is 5.91 Å². The molecule has 0 N–H and O–H groups in total. The van der Waals surface area contributed by atoms with Gasteiger partial charge in [0, 0.05) is 16.9 Å². The molecule has 0 atom stereocenters. The Hall–Kier alpha value is -0.240. The molecule has 0 radical (unpaired) electrons. The number of carbonyl (C=O) groups excluding carboxylic acids is 1. The van der Waals surface area contributed by atoms with Gasteiger partial charge in [0.1, 0.15) is 0 Å². The van der Waals surface area contributed by atoms with Crippen LogP contribution in [-0.2, 0) is 6.54 Å². The van der Waals surface area contributed by atoms with Crippen LogP contribution in [-0.4, -0.2) is 22.8 Å². The summed E-state index contributed by atoms with van der Waals surface area (Å²) < 4.78 is 1.84. The van der Waals surface area contributed by atoms with E-state index in [1.54, 1.807) is 23.3 Å². The molecule has 0 fully saturated rings. The van der Waals surface area contributed by atoms with Gasteiger partial charge >= 0.3 is 0 Å². The highest BCUT2D eigenvalue weighted by Gasteiger charge is 2.17. The Bertz CT molecular complexity index is 560. The van der Waals surface area contributed by atoms with Crippen molar-refractivity contribution >= 4 is 60.4 Å². The zero-order chi connectivity index (χ0) is 13.3. The Morgan fingerprint density at radius 2 is 2.22 bits per heavy atom. The Labute approximate surface area is 130 Å². The van der Waals surface area contributed by atoms with Gasteiger partial charge in [-0.25, -0.2) is 4.98 Å². The number of aryl methyl sites for hydroxylation is 1. The molecule has 96 valence electrons. The summed E-state index contributed by atoms with van der Waals surface area (Å²) in [6.07, 6.45) is 0. The number of thiophene rings is 1. The van der Waals surface area contributed by atoms with Crippen LogP contribution in [0.3, 0.4) is 0 Å². The molecule has 3 nitrogen and oxygen atoms in total. The fourth-order valence-electron chi connectivity index (χ4n) is 1.44. The lowest BCUT2D eigenvalue weighted by molar-refractivity contribution is 0.0788. The Balaban J connectivity index is 2.09. The summed E-state index contributed by atoms with van der Waals surface area (Å²) in [5.41, 5.74) is 0.933. The summed E-state index contributed by atoms with van der Waals surface area (Å²) in [6.45, 7) is 2.50. The quantitative estimate of drug-likeness (QED) is 0.756. The van der Waals surface area contributed by atoms with Crippen LogP contribution in [0.2, 0.25) is 0 Å². The van der Waals surface area contributed by atoms with Gasteiger partial charge in [0.25, 0.3) is 5.91 Å². The van der Waals surface area contributed by atoms with E-state index in [2.05, 4.69) is 36.8 Å². The van der Waals surface area contributed by atoms with Gasteiger partial charge < -0.3 is 4.90 Å². The molecule has 0 unspecified atom stereocenters. The Morgan fingerprint density at radius 3 is 2.72 bits per heavy atom. The summed E-state index contributed by atoms with van der Waals surface area (Å²) >= 11 is 9.81. The standard InChI is InChI=1S/C11H10Br2N2OS2/c1-6-14-7(5-17-6)4-15(2)11(16)9-3-8(12)10(13)18-9/h3,5H,4H2,1-2H3. The lowest BCUT2D eigenvalue weighted by Crippen LogP contribution is -2.25. The van der Waals surface area contributed by atoms with E-state index in [1.165, 1.54) is 11.3 Å². The van der Waals surface area contributed by atoms with E-state index in [0.717, 1.165) is 19.0 Å². The van der Waals surface area contributed by atoms with E-state index in [1.807, 2.05) is 18.4 Å². The molecule has 0 aromatic carbocycles. The molecule has 2 heterocycles. The van der Waals surface area contributed by atoms with Gasteiger partial charge in [-0.1, -0.05) is 0 Å². The highest BCUT2D eigenvalue weighted by Crippen LogP contribution is 2.33. The van der Waals surface area contributed by atoms with Crippen LogP contribution in [0, 0.1) is 6.92 Å². The van der Waals surface area contributed by atoms with Gasteiger partial charge in [0.2, 0.25) is 0 Å². The molecule has 0 aliphatic heterocycles. The Morgan fingerprint density at radius 1 is 1.50 bits per heavy atom. The third-order valence-electron chi connectivity index (χ3n) is 2.27. The fraction of sp³-hybridized carbons (Fsp3) is 0.273. The molecule has 1 amide bonds. The second-order valence-electron chi connectivity index (χ2n) is 3.75. The van der Waals surface area contributed by atoms with Crippen LogP contribution in [0.1, 0.15) is 20.4 Å². The van der Waals surface area contributed by atoms with Crippen LogP contribution in [0.4, 0.5) is 0 Å². The van der Waals surface area contributed by atoms with Crippen molar-refractivity contribution in [2.75, 3.05) is 7.05 Å². The third kappa shape index (κ3) is 3.20. The summed E-state index contributed by atoms with van der Waals surface area (Å²) in [5.74, 6) is 0.0112. The number of halogens is 2. The molecule has 2 rings (SSSR count). The number of carbonyl (C=O) groups is 1. The third-order valence-corrected chi connectivity index (χ3v) is 6.33. The maximum absolute atomic E-state index is 12.2. The van der Waals surface area contributed by atoms with Crippen LogP contribution in [0.15, 0.2) is 19.7 Å². The minimum atomic E-state index is 0.0112. The second-order valence-corrected chi connectivity index (χ2v) is 8.04. The van der Waals surface area contributed by atoms with Crippen molar-refractivity contribution in [3.05, 3.63) is 35.3 Å². The minimum Gasteiger partial charge on any atom is -0.335 e. The average Bonchev–Trinajstić information content (AvgIpc) is 2.85. The molecule has 18 heavy (non-hydrogen) atoms. The lowest BCUT2D eigenvalue weighted by atomic mass is 10.4. The van der Waals surface area contributed by atoms with Gasteiger partial charge in [0.15, 0.2) is 0 Å². The zero-order valence-corrected chi connectivity index (χ0v) is 14.5. The number of rotatable bonds is 3. The van der Waals surface area contributed by atoms with Crippen molar-refractivity contribution < 1.29 is 4.79 Å². The smallest absolute Gasteiger partial charge is 0.264 e. The first-order valence-electron chi connectivity index (χ1n) is 5.08. The SMILES string of the molecule is Cc1nc(CN(C)C(=O)c2cc(Br)c(Br)s2)cs1. The molecule has 2 aromatic heterocycles. The molecule has 0 aliphatic carbocycles. The predicted octanol–water partition coefficient (Wildman–Crippen LogP) is 4.31. The molecule has 7 heteroatoms. The predicted molar refractivity (Wildman–Crippen MR) is 82.4 cm³/mol. The molecular weight excluding hydrogens is 400 g/mol. The summed E-state index contributed by atoms with van der Waals surface area (Å²) in [7, 11) is 1.79. The van der Waals surface area contributed by atoms with Crippen LogP contribution < -0.4 is 0 Å². The topological polar surface area (TPSA) is 33.2 Å². The number of hydrogen-bond donors (Lipinski definition) is 0. The summed E-state index contributed by atoms with van der Waals surface area (Å²) in [4.78, 5) is 18.9. The number of nitrogens with zero attached hydrogens (tertiary/aromatic N) is 2. The maximum atomic E-state index is 12.2. The minimum absolute atomic E-state index is 0.0112. The highest BCUT2D eigenvalue weighted by atomic mass is 79.9. The number of aromatic nitrogens is 1. The van der Waals surface area contributed by atoms with Crippen molar-refractivity contribution in [3.8, 4) is 0 Å². The van der Waals surface area contributed by atoms with Crippen molar-refractivity contribution in [1.29, 1.82) is 0 Å². The zero-order valence-electron chi connectivity index (χ0n) is 9.74. The maximum Gasteiger partial charge on any atom is 0.264 e. The summed E-state index contributed by atoms with van der Waals surface area (Å²) in [5, 5.41) is 3.01. The summed E-state index contributed by atoms with van der Waals surface area (Å²) in [6, 6.07) is 1.83. The molecule has 0 saturated heterocycles. The van der Waals surface area contributed by atoms with Crippen LogP contribution >= 0.6 is 54.5 Å². The highest BCUT2D eigenvalue weighted by molar-refractivity contribution is 9.13.